The molecule has 1 aliphatic heterocycles. The molecule has 1 aromatic heterocycles. The highest BCUT2D eigenvalue weighted by Crippen LogP contribution is 2.34. The molecule has 3 rings (SSSR count). The number of aromatic nitrogens is 1. The summed E-state index contributed by atoms with van der Waals surface area (Å²) in [4.78, 5) is 2.25. The largest absolute Gasteiger partial charge is 0.397 e. The second-order valence-corrected chi connectivity index (χ2v) is 4.46. The molecule has 2 heterocycles. The molecule has 4 nitrogen and oxygen atoms in total. The van der Waals surface area contributed by atoms with Crippen LogP contribution in [0.2, 0.25) is 0 Å². The molecule has 0 amide bonds. The normalized spacial score (nSPS) is 14.1. The third-order valence-corrected chi connectivity index (χ3v) is 3.14. The smallest absolute Gasteiger partial charge is 0.156 e. The number of hydrogen-bond donors (Lipinski definition) is 1. The van der Waals surface area contributed by atoms with Crippen LogP contribution in [0, 0.1) is 6.92 Å². The second kappa shape index (κ2) is 3.80. The monoisotopic (exact) mass is 229 g/mol. The van der Waals surface area contributed by atoms with E-state index in [2.05, 4.69) is 16.1 Å². The van der Waals surface area contributed by atoms with E-state index in [1.54, 1.807) is 0 Å². The van der Waals surface area contributed by atoms with Crippen LogP contribution in [-0.2, 0) is 13.0 Å². The van der Waals surface area contributed by atoms with Gasteiger partial charge in [-0.25, -0.2) is 0 Å². The second-order valence-electron chi connectivity index (χ2n) is 4.46. The summed E-state index contributed by atoms with van der Waals surface area (Å²) in [6.45, 7) is 3.66. The van der Waals surface area contributed by atoms with E-state index in [4.69, 9.17) is 10.3 Å². The first-order chi connectivity index (χ1) is 8.24. The van der Waals surface area contributed by atoms with Gasteiger partial charge in [-0.05, 0) is 25.0 Å². The van der Waals surface area contributed by atoms with Crippen molar-refractivity contribution in [2.75, 3.05) is 17.2 Å². The molecular weight excluding hydrogens is 214 g/mol. The van der Waals surface area contributed by atoms with E-state index >= 15 is 0 Å². The highest BCUT2D eigenvalue weighted by atomic mass is 16.5. The van der Waals surface area contributed by atoms with Gasteiger partial charge in [-0.3, -0.25) is 0 Å². The van der Waals surface area contributed by atoms with Gasteiger partial charge in [0.05, 0.1) is 23.6 Å². The van der Waals surface area contributed by atoms with Crippen molar-refractivity contribution in [2.45, 2.75) is 19.9 Å². The van der Waals surface area contributed by atoms with Crippen LogP contribution in [0.15, 0.2) is 28.8 Å². The lowest BCUT2D eigenvalue weighted by Gasteiger charge is -2.19. The van der Waals surface area contributed by atoms with E-state index in [1.165, 1.54) is 5.56 Å². The summed E-state index contributed by atoms with van der Waals surface area (Å²) in [6.07, 6.45) is 1.05. The lowest BCUT2D eigenvalue weighted by Crippen LogP contribution is -2.20. The zero-order valence-corrected chi connectivity index (χ0v) is 9.81. The Kier molecular flexibility index (Phi) is 2.28. The van der Waals surface area contributed by atoms with Crippen molar-refractivity contribution in [1.29, 1.82) is 0 Å². The van der Waals surface area contributed by atoms with Crippen LogP contribution in [0.3, 0.4) is 0 Å². The molecule has 0 saturated heterocycles. The summed E-state index contributed by atoms with van der Waals surface area (Å²) in [5.41, 5.74) is 10.3. The molecule has 1 aliphatic rings. The van der Waals surface area contributed by atoms with Crippen LogP contribution < -0.4 is 10.6 Å². The number of aryl methyl sites for hydroxylation is 1. The van der Waals surface area contributed by atoms with E-state index in [0.717, 1.165) is 42.3 Å². The van der Waals surface area contributed by atoms with Crippen LogP contribution in [-0.4, -0.2) is 11.7 Å². The summed E-state index contributed by atoms with van der Waals surface area (Å²) in [5, 5.41) is 3.90. The molecule has 0 bridgehead atoms. The number of nitrogens with two attached hydrogens (primary N) is 1. The summed E-state index contributed by atoms with van der Waals surface area (Å²) < 4.78 is 5.25. The van der Waals surface area contributed by atoms with E-state index in [0.29, 0.717) is 0 Å². The Morgan fingerprint density at radius 1 is 1.47 bits per heavy atom. The van der Waals surface area contributed by atoms with Crippen LogP contribution in [0.25, 0.3) is 0 Å². The number of benzene rings is 1. The first kappa shape index (κ1) is 10.2. The Bertz CT molecular complexity index is 547. The van der Waals surface area contributed by atoms with Gasteiger partial charge in [-0.2, -0.15) is 0 Å². The van der Waals surface area contributed by atoms with Crippen molar-refractivity contribution in [1.82, 2.24) is 5.16 Å². The Balaban J connectivity index is 1.89. The lowest BCUT2D eigenvalue weighted by molar-refractivity contribution is 0.378. The van der Waals surface area contributed by atoms with Crippen molar-refractivity contribution in [2.24, 2.45) is 0 Å². The predicted molar refractivity (Wildman–Crippen MR) is 66.8 cm³/mol. The minimum Gasteiger partial charge on any atom is -0.397 e. The molecule has 2 N–H and O–H groups in total. The van der Waals surface area contributed by atoms with Gasteiger partial charge in [0.15, 0.2) is 5.76 Å². The number of hydrogen-bond acceptors (Lipinski definition) is 4. The Morgan fingerprint density at radius 3 is 3.12 bits per heavy atom. The molecular formula is C13H15N3O. The third kappa shape index (κ3) is 1.75. The molecule has 0 aliphatic carbocycles. The SMILES string of the molecule is Cc1cc(CN2CCc3cccc(N)c32)on1. The predicted octanol–water partition coefficient (Wildman–Crippen LogP) is 2.13. The standard InChI is InChI=1S/C13H15N3O/c1-9-7-11(17-15-9)8-16-6-5-10-3-2-4-12(14)13(10)16/h2-4,7H,5-6,8,14H2,1H3. The van der Waals surface area contributed by atoms with Crippen molar-refractivity contribution in [3.8, 4) is 0 Å². The van der Waals surface area contributed by atoms with Crippen molar-refractivity contribution in [3.63, 3.8) is 0 Å². The van der Waals surface area contributed by atoms with E-state index in [-0.39, 0.29) is 0 Å². The average Bonchev–Trinajstić information content (AvgIpc) is 2.88. The summed E-state index contributed by atoms with van der Waals surface area (Å²) in [6, 6.07) is 8.06. The Labute approximate surface area is 100 Å². The average molecular weight is 229 g/mol. The molecule has 2 aromatic rings. The first-order valence-electron chi connectivity index (χ1n) is 5.78. The van der Waals surface area contributed by atoms with Gasteiger partial charge in [0.25, 0.3) is 0 Å². The van der Waals surface area contributed by atoms with Crippen LogP contribution in [0.1, 0.15) is 17.0 Å². The fourth-order valence-corrected chi connectivity index (χ4v) is 2.40. The van der Waals surface area contributed by atoms with Gasteiger partial charge < -0.3 is 15.2 Å². The molecule has 0 atom stereocenters. The van der Waals surface area contributed by atoms with Gasteiger partial charge in [0.2, 0.25) is 0 Å². The third-order valence-electron chi connectivity index (χ3n) is 3.14. The molecule has 0 saturated carbocycles. The molecule has 1 aromatic carbocycles. The molecule has 0 spiro atoms. The van der Waals surface area contributed by atoms with Gasteiger partial charge in [-0.1, -0.05) is 17.3 Å². The molecule has 0 fully saturated rings. The number of anilines is 2. The number of nitrogen functional groups attached to an aromatic ring is 1. The Hall–Kier alpha value is -1.97. The summed E-state index contributed by atoms with van der Waals surface area (Å²) >= 11 is 0. The van der Waals surface area contributed by atoms with Crippen molar-refractivity contribution in [3.05, 3.63) is 41.3 Å². The highest BCUT2D eigenvalue weighted by molar-refractivity contribution is 5.74. The minimum atomic E-state index is 0.738. The van der Waals surface area contributed by atoms with E-state index in [9.17, 15) is 0 Å². The number of para-hydroxylation sites is 1. The molecule has 0 unspecified atom stereocenters. The molecule has 17 heavy (non-hydrogen) atoms. The van der Waals surface area contributed by atoms with Crippen LogP contribution in [0.5, 0.6) is 0 Å². The van der Waals surface area contributed by atoms with Crippen molar-refractivity contribution < 1.29 is 4.52 Å². The van der Waals surface area contributed by atoms with Gasteiger partial charge in [0.1, 0.15) is 0 Å². The van der Waals surface area contributed by atoms with E-state index in [1.807, 2.05) is 25.1 Å². The van der Waals surface area contributed by atoms with Gasteiger partial charge in [0, 0.05) is 12.6 Å². The van der Waals surface area contributed by atoms with Gasteiger partial charge >= 0.3 is 0 Å². The minimum absolute atomic E-state index is 0.738. The fourth-order valence-electron chi connectivity index (χ4n) is 2.40. The summed E-state index contributed by atoms with van der Waals surface area (Å²) in [7, 11) is 0. The zero-order chi connectivity index (χ0) is 11.8. The molecule has 88 valence electrons. The molecule has 0 radical (unpaired) electrons. The fraction of sp³-hybridized carbons (Fsp3) is 0.308. The first-order valence-corrected chi connectivity index (χ1v) is 5.78. The number of nitrogens with zero attached hydrogens (tertiary/aromatic N) is 2. The van der Waals surface area contributed by atoms with Crippen LogP contribution >= 0.6 is 0 Å². The topological polar surface area (TPSA) is 55.3 Å². The van der Waals surface area contributed by atoms with Crippen LogP contribution in [0.4, 0.5) is 11.4 Å². The van der Waals surface area contributed by atoms with Gasteiger partial charge in [-0.15, -0.1) is 0 Å². The van der Waals surface area contributed by atoms with E-state index < -0.39 is 0 Å². The Morgan fingerprint density at radius 2 is 2.35 bits per heavy atom. The quantitative estimate of drug-likeness (QED) is 0.801. The summed E-state index contributed by atoms with van der Waals surface area (Å²) in [5.74, 6) is 0.888. The molecule has 4 heteroatoms. The maximum atomic E-state index is 6.03. The lowest BCUT2D eigenvalue weighted by atomic mass is 10.1. The highest BCUT2D eigenvalue weighted by Gasteiger charge is 2.22. The maximum absolute atomic E-state index is 6.03. The number of fused-ring (bicyclic) bond motifs is 1. The zero-order valence-electron chi connectivity index (χ0n) is 9.81. The maximum Gasteiger partial charge on any atom is 0.156 e. The number of rotatable bonds is 2. The van der Waals surface area contributed by atoms with Crippen molar-refractivity contribution >= 4 is 11.4 Å².